The first-order valence-corrected chi connectivity index (χ1v) is 9.03. The zero-order chi connectivity index (χ0) is 16.9. The van der Waals surface area contributed by atoms with Crippen LogP contribution in [0.3, 0.4) is 0 Å². The van der Waals surface area contributed by atoms with E-state index in [9.17, 15) is 4.79 Å². The van der Waals surface area contributed by atoms with Gasteiger partial charge in [-0.05, 0) is 43.0 Å². The van der Waals surface area contributed by atoms with Crippen LogP contribution >= 0.6 is 11.8 Å². The monoisotopic (exact) mass is 347 g/mol. The van der Waals surface area contributed by atoms with Crippen molar-refractivity contribution in [1.29, 1.82) is 0 Å². The van der Waals surface area contributed by atoms with Gasteiger partial charge in [0.1, 0.15) is 5.75 Å². The van der Waals surface area contributed by atoms with Crippen molar-refractivity contribution in [1.82, 2.24) is 15.1 Å². The van der Waals surface area contributed by atoms with Gasteiger partial charge in [0.2, 0.25) is 11.8 Å². The Kier molecular flexibility index (Phi) is 5.40. The Morgan fingerprint density at radius 3 is 2.88 bits per heavy atom. The second-order valence-electron chi connectivity index (χ2n) is 5.98. The highest BCUT2D eigenvalue weighted by Gasteiger charge is 2.21. The lowest BCUT2D eigenvalue weighted by Crippen LogP contribution is -2.40. The van der Waals surface area contributed by atoms with Gasteiger partial charge >= 0.3 is 0 Å². The number of aromatic nitrogens is 2. The lowest BCUT2D eigenvalue weighted by atomic mass is 10.0. The summed E-state index contributed by atoms with van der Waals surface area (Å²) in [5.74, 6) is 2.26. The second kappa shape index (κ2) is 7.70. The van der Waals surface area contributed by atoms with E-state index in [1.165, 1.54) is 18.2 Å². The molecule has 0 spiro atoms. The number of piperidine rings is 1. The zero-order valence-electron chi connectivity index (χ0n) is 13.9. The first-order valence-electron chi connectivity index (χ1n) is 8.04. The third-order valence-corrected chi connectivity index (χ3v) is 4.88. The molecular weight excluding hydrogens is 326 g/mol. The Balaban J connectivity index is 1.56. The summed E-state index contributed by atoms with van der Waals surface area (Å²) in [4.78, 5) is 14.2. The first-order chi connectivity index (χ1) is 11.7. The van der Waals surface area contributed by atoms with Crippen LogP contribution in [0, 0.1) is 5.92 Å². The predicted octanol–water partition coefficient (Wildman–Crippen LogP) is 3.10. The molecular formula is C17H21N3O3S. The van der Waals surface area contributed by atoms with Crippen LogP contribution in [-0.2, 0) is 4.79 Å². The van der Waals surface area contributed by atoms with Gasteiger partial charge in [0.05, 0.1) is 12.9 Å². The fourth-order valence-electron chi connectivity index (χ4n) is 2.75. The molecule has 1 atom stereocenters. The SMILES string of the molecule is COc1ccc(-c2nnc(SCC(=O)N3CCCC(C)C3)o2)cc1. The number of hydrogen-bond donors (Lipinski definition) is 0. The smallest absolute Gasteiger partial charge is 0.277 e. The number of carbonyl (C=O) groups is 1. The minimum atomic E-state index is 0.135. The summed E-state index contributed by atoms with van der Waals surface area (Å²) in [6, 6.07) is 7.41. The summed E-state index contributed by atoms with van der Waals surface area (Å²) in [5, 5.41) is 8.47. The van der Waals surface area contributed by atoms with Gasteiger partial charge in [-0.2, -0.15) is 0 Å². The molecule has 1 unspecified atom stereocenters. The van der Waals surface area contributed by atoms with E-state index in [0.29, 0.717) is 22.8 Å². The minimum Gasteiger partial charge on any atom is -0.497 e. The molecule has 0 N–H and O–H groups in total. The van der Waals surface area contributed by atoms with Crippen molar-refractivity contribution in [3.8, 4) is 17.2 Å². The Hall–Kier alpha value is -2.02. The number of ether oxygens (including phenoxy) is 1. The third-order valence-electron chi connectivity index (χ3n) is 4.07. The molecule has 1 amide bonds. The number of thioether (sulfide) groups is 1. The van der Waals surface area contributed by atoms with Crippen molar-refractivity contribution in [2.24, 2.45) is 5.92 Å². The predicted molar refractivity (Wildman–Crippen MR) is 92.0 cm³/mol. The molecule has 1 fully saturated rings. The molecule has 3 rings (SSSR count). The number of methoxy groups -OCH3 is 1. The van der Waals surface area contributed by atoms with E-state index < -0.39 is 0 Å². The van der Waals surface area contributed by atoms with E-state index in [1.807, 2.05) is 29.2 Å². The van der Waals surface area contributed by atoms with E-state index in [-0.39, 0.29) is 5.91 Å². The van der Waals surface area contributed by atoms with Gasteiger partial charge in [0.25, 0.3) is 5.22 Å². The third kappa shape index (κ3) is 4.08. The lowest BCUT2D eigenvalue weighted by molar-refractivity contribution is -0.130. The normalized spacial score (nSPS) is 17.8. The van der Waals surface area contributed by atoms with E-state index >= 15 is 0 Å². The summed E-state index contributed by atoms with van der Waals surface area (Å²) >= 11 is 1.29. The molecule has 6 nitrogen and oxygen atoms in total. The van der Waals surface area contributed by atoms with Gasteiger partial charge in [-0.25, -0.2) is 0 Å². The number of nitrogens with zero attached hydrogens (tertiary/aromatic N) is 3. The Labute approximate surface area is 145 Å². The number of hydrogen-bond acceptors (Lipinski definition) is 6. The van der Waals surface area contributed by atoms with Crippen LogP contribution in [0.25, 0.3) is 11.5 Å². The molecule has 1 aliphatic rings. The van der Waals surface area contributed by atoms with E-state index in [0.717, 1.165) is 30.8 Å². The number of amides is 1. The molecule has 128 valence electrons. The molecule has 2 aromatic rings. The van der Waals surface area contributed by atoms with Crippen LogP contribution < -0.4 is 4.74 Å². The van der Waals surface area contributed by atoms with Crippen molar-refractivity contribution < 1.29 is 13.9 Å². The van der Waals surface area contributed by atoms with E-state index in [1.54, 1.807) is 7.11 Å². The van der Waals surface area contributed by atoms with Gasteiger partial charge in [0.15, 0.2) is 0 Å². The second-order valence-corrected chi connectivity index (χ2v) is 6.90. The van der Waals surface area contributed by atoms with Crippen LogP contribution in [0.2, 0.25) is 0 Å². The van der Waals surface area contributed by atoms with E-state index in [4.69, 9.17) is 9.15 Å². The zero-order valence-corrected chi connectivity index (χ0v) is 14.7. The summed E-state index contributed by atoms with van der Waals surface area (Å²) in [6.45, 7) is 3.89. The first kappa shape index (κ1) is 16.8. The Morgan fingerprint density at radius 2 is 2.17 bits per heavy atom. The molecule has 1 saturated heterocycles. The maximum Gasteiger partial charge on any atom is 0.277 e. The van der Waals surface area contributed by atoms with Crippen molar-refractivity contribution in [3.63, 3.8) is 0 Å². The molecule has 7 heteroatoms. The number of likely N-dealkylation sites (tertiary alicyclic amines) is 1. The van der Waals surface area contributed by atoms with Crippen molar-refractivity contribution in [2.75, 3.05) is 26.0 Å². The standard InChI is InChI=1S/C17H21N3O3S/c1-12-4-3-9-20(10-12)15(21)11-24-17-19-18-16(23-17)13-5-7-14(22-2)8-6-13/h5-8,12H,3-4,9-11H2,1-2H3. The topological polar surface area (TPSA) is 68.5 Å². The maximum absolute atomic E-state index is 12.3. The van der Waals surface area contributed by atoms with Gasteiger partial charge in [0, 0.05) is 18.7 Å². The molecule has 24 heavy (non-hydrogen) atoms. The Bertz CT molecular complexity index is 687. The number of carbonyl (C=O) groups excluding carboxylic acids is 1. The Morgan fingerprint density at radius 1 is 1.38 bits per heavy atom. The fraction of sp³-hybridized carbons (Fsp3) is 0.471. The molecule has 0 aliphatic carbocycles. The van der Waals surface area contributed by atoms with Crippen LogP contribution in [0.15, 0.2) is 33.9 Å². The van der Waals surface area contributed by atoms with Crippen LogP contribution in [0.1, 0.15) is 19.8 Å². The molecule has 0 radical (unpaired) electrons. The van der Waals surface area contributed by atoms with Gasteiger partial charge < -0.3 is 14.1 Å². The molecule has 0 bridgehead atoms. The highest BCUT2D eigenvalue weighted by molar-refractivity contribution is 7.99. The average Bonchev–Trinajstić information content (AvgIpc) is 3.09. The molecule has 2 heterocycles. The molecule has 1 aromatic heterocycles. The van der Waals surface area contributed by atoms with Gasteiger partial charge in [-0.3, -0.25) is 4.79 Å². The quantitative estimate of drug-likeness (QED) is 0.774. The molecule has 1 aromatic carbocycles. The largest absolute Gasteiger partial charge is 0.497 e. The summed E-state index contributed by atoms with van der Waals surface area (Å²) in [7, 11) is 1.62. The molecule has 1 aliphatic heterocycles. The summed E-state index contributed by atoms with van der Waals surface area (Å²) in [5.41, 5.74) is 0.825. The lowest BCUT2D eigenvalue weighted by Gasteiger charge is -2.30. The minimum absolute atomic E-state index is 0.135. The van der Waals surface area contributed by atoms with E-state index in [2.05, 4.69) is 17.1 Å². The molecule has 0 saturated carbocycles. The highest BCUT2D eigenvalue weighted by Crippen LogP contribution is 2.25. The van der Waals surface area contributed by atoms with Crippen molar-refractivity contribution in [3.05, 3.63) is 24.3 Å². The fourth-order valence-corrected chi connectivity index (χ4v) is 3.41. The van der Waals surface area contributed by atoms with Gasteiger partial charge in [-0.1, -0.05) is 18.7 Å². The summed E-state index contributed by atoms with van der Waals surface area (Å²) < 4.78 is 10.8. The highest BCUT2D eigenvalue weighted by atomic mass is 32.2. The number of benzene rings is 1. The van der Waals surface area contributed by atoms with Crippen LogP contribution in [-0.4, -0.2) is 47.0 Å². The average molecular weight is 347 g/mol. The van der Waals surface area contributed by atoms with Crippen molar-refractivity contribution >= 4 is 17.7 Å². The maximum atomic E-state index is 12.3. The van der Waals surface area contributed by atoms with Crippen LogP contribution in [0.5, 0.6) is 5.75 Å². The number of rotatable bonds is 5. The van der Waals surface area contributed by atoms with Crippen molar-refractivity contribution in [2.45, 2.75) is 25.0 Å². The summed E-state index contributed by atoms with van der Waals surface area (Å²) in [6.07, 6.45) is 2.28. The van der Waals surface area contributed by atoms with Crippen LogP contribution in [0.4, 0.5) is 0 Å². The van der Waals surface area contributed by atoms with Gasteiger partial charge in [-0.15, -0.1) is 10.2 Å².